The van der Waals surface area contributed by atoms with Gasteiger partial charge in [0.15, 0.2) is 5.08 Å². The highest BCUT2D eigenvalue weighted by molar-refractivity contribution is 9.09. The topological polar surface area (TPSA) is 6.48 Å². The minimum atomic E-state index is 0.370. The van der Waals surface area contributed by atoms with Crippen LogP contribution in [0.2, 0.25) is 0 Å². The molecule has 1 aliphatic rings. The lowest BCUT2D eigenvalue weighted by Crippen LogP contribution is -2.31. The molecule has 0 fully saturated rings. The molecule has 1 atom stereocenters. The van der Waals surface area contributed by atoms with Crippen LogP contribution in [-0.4, -0.2) is 28.5 Å². The molecular weight excluding hydrogens is 228 g/mol. The summed E-state index contributed by atoms with van der Waals surface area (Å²) in [5.41, 5.74) is 0. The second-order valence-electron chi connectivity index (χ2n) is 3.57. The number of nitrogens with zero attached hydrogens (tertiary/aromatic N) is 2. The largest absolute Gasteiger partial charge is 0.350 e. The fourth-order valence-electron chi connectivity index (χ4n) is 1.47. The first-order valence-corrected chi connectivity index (χ1v) is 5.97. The molecule has 1 heterocycles. The van der Waals surface area contributed by atoms with Gasteiger partial charge >= 0.3 is 0 Å². The smallest absolute Gasteiger partial charge is 0.158 e. The molecule has 76 valence electrons. The number of hydrogen-bond donors (Lipinski definition) is 0. The average molecular weight is 247 g/mol. The van der Waals surface area contributed by atoms with Crippen LogP contribution in [0, 0.1) is 0 Å². The summed E-state index contributed by atoms with van der Waals surface area (Å²) in [5, 5.41) is 0.370. The number of hydrogen-bond acceptors (Lipinski definition) is 2. The lowest BCUT2D eigenvalue weighted by atomic mass is 10.2. The maximum atomic E-state index is 3.63. The molecule has 0 bridgehead atoms. The predicted molar refractivity (Wildman–Crippen MR) is 60.5 cm³/mol. The fourth-order valence-corrected chi connectivity index (χ4v) is 1.95. The van der Waals surface area contributed by atoms with E-state index in [9.17, 15) is 0 Å². The van der Waals surface area contributed by atoms with Gasteiger partial charge in [0.2, 0.25) is 0 Å². The third kappa shape index (κ3) is 3.22. The summed E-state index contributed by atoms with van der Waals surface area (Å²) < 4.78 is 0. The quantitative estimate of drug-likeness (QED) is 0.418. The Bertz CT molecular complexity index is 170. The minimum Gasteiger partial charge on any atom is -0.350 e. The fraction of sp³-hybridized carbons (Fsp3) is 0.800. The summed E-state index contributed by atoms with van der Waals surface area (Å²) in [5.74, 6) is 0. The van der Waals surface area contributed by atoms with Gasteiger partial charge in [-0.05, 0) is 22.4 Å². The highest BCUT2D eigenvalue weighted by Gasteiger charge is 2.18. The normalized spacial score (nSPS) is 21.6. The Labute approximate surface area is 89.7 Å². The molecule has 0 saturated heterocycles. The number of halogens is 1. The molecule has 0 aromatic carbocycles. The lowest BCUT2D eigenvalue weighted by molar-refractivity contribution is 0.264. The summed E-state index contributed by atoms with van der Waals surface area (Å²) in [6.45, 7) is 3.41. The highest BCUT2D eigenvalue weighted by atomic mass is 79.9. The van der Waals surface area contributed by atoms with E-state index in [-0.39, 0.29) is 0 Å². The Balaban J connectivity index is 2.12. The summed E-state index contributed by atoms with van der Waals surface area (Å²) in [7, 11) is 2.09. The van der Waals surface area contributed by atoms with Crippen molar-refractivity contribution < 1.29 is 0 Å². The summed E-state index contributed by atoms with van der Waals surface area (Å²) in [4.78, 5) is 4.50. The molecule has 2 nitrogen and oxygen atoms in total. The van der Waals surface area contributed by atoms with Gasteiger partial charge in [0.25, 0.3) is 0 Å². The lowest BCUT2D eigenvalue weighted by Gasteiger charge is -2.25. The van der Waals surface area contributed by atoms with Gasteiger partial charge in [0, 0.05) is 26.0 Å². The van der Waals surface area contributed by atoms with Crippen molar-refractivity contribution in [2.75, 3.05) is 13.6 Å². The molecule has 0 spiro atoms. The van der Waals surface area contributed by atoms with Crippen LogP contribution in [0.15, 0.2) is 12.4 Å². The van der Waals surface area contributed by atoms with Crippen LogP contribution < -0.4 is 0 Å². The Morgan fingerprint density at radius 3 is 2.54 bits per heavy atom. The van der Waals surface area contributed by atoms with E-state index < -0.39 is 0 Å². The standard InChI is InChI=1S/C10H19BrN2/c1-3-4-5-6-7-13-9-8-12(2)10(13)11/h8-10H,3-7H2,1-2H3. The van der Waals surface area contributed by atoms with Crippen LogP contribution in [0.3, 0.4) is 0 Å². The van der Waals surface area contributed by atoms with E-state index in [2.05, 4.69) is 52.1 Å². The minimum absolute atomic E-state index is 0.370. The first-order chi connectivity index (χ1) is 6.25. The molecule has 1 rings (SSSR count). The van der Waals surface area contributed by atoms with Crippen molar-refractivity contribution in [3.63, 3.8) is 0 Å². The van der Waals surface area contributed by atoms with Gasteiger partial charge in [0.05, 0.1) is 0 Å². The molecule has 0 aromatic heterocycles. The van der Waals surface area contributed by atoms with Crippen molar-refractivity contribution in [2.45, 2.75) is 37.7 Å². The molecule has 0 aliphatic carbocycles. The zero-order valence-corrected chi connectivity index (χ0v) is 10.1. The Morgan fingerprint density at radius 2 is 2.00 bits per heavy atom. The zero-order valence-electron chi connectivity index (χ0n) is 8.54. The maximum Gasteiger partial charge on any atom is 0.158 e. The van der Waals surface area contributed by atoms with Crippen LogP contribution in [0.5, 0.6) is 0 Å². The maximum absolute atomic E-state index is 3.63. The molecule has 1 unspecified atom stereocenters. The van der Waals surface area contributed by atoms with Gasteiger partial charge in [0.1, 0.15) is 0 Å². The van der Waals surface area contributed by atoms with E-state index in [0.29, 0.717) is 5.08 Å². The number of alkyl halides is 1. The second-order valence-corrected chi connectivity index (χ2v) is 4.39. The molecule has 0 saturated carbocycles. The third-order valence-electron chi connectivity index (χ3n) is 2.37. The second kappa shape index (κ2) is 5.53. The highest BCUT2D eigenvalue weighted by Crippen LogP contribution is 2.19. The van der Waals surface area contributed by atoms with Crippen LogP contribution in [0.1, 0.15) is 32.6 Å². The summed E-state index contributed by atoms with van der Waals surface area (Å²) in [6.07, 6.45) is 9.59. The van der Waals surface area contributed by atoms with Crippen molar-refractivity contribution in [3.05, 3.63) is 12.4 Å². The van der Waals surface area contributed by atoms with Crippen molar-refractivity contribution in [1.82, 2.24) is 9.80 Å². The molecule has 13 heavy (non-hydrogen) atoms. The van der Waals surface area contributed by atoms with Crippen LogP contribution >= 0.6 is 15.9 Å². The van der Waals surface area contributed by atoms with E-state index in [1.54, 1.807) is 0 Å². The van der Waals surface area contributed by atoms with Crippen LogP contribution in [0.25, 0.3) is 0 Å². The SMILES string of the molecule is CCCCCCN1C=CN(C)C1Br. The molecule has 3 heteroatoms. The number of unbranched alkanes of at least 4 members (excludes halogenated alkanes) is 3. The van der Waals surface area contributed by atoms with Crippen LogP contribution in [0.4, 0.5) is 0 Å². The van der Waals surface area contributed by atoms with E-state index in [1.807, 2.05) is 0 Å². The molecular formula is C10H19BrN2. The predicted octanol–water partition coefficient (Wildman–Crippen LogP) is 2.96. The van der Waals surface area contributed by atoms with E-state index in [0.717, 1.165) is 6.54 Å². The van der Waals surface area contributed by atoms with Gasteiger partial charge < -0.3 is 9.80 Å². The molecule has 1 aliphatic heterocycles. The monoisotopic (exact) mass is 246 g/mol. The van der Waals surface area contributed by atoms with Crippen molar-refractivity contribution in [1.29, 1.82) is 0 Å². The molecule has 0 N–H and O–H groups in total. The van der Waals surface area contributed by atoms with E-state index in [4.69, 9.17) is 0 Å². The van der Waals surface area contributed by atoms with E-state index in [1.165, 1.54) is 25.7 Å². The molecule has 0 radical (unpaired) electrons. The van der Waals surface area contributed by atoms with Crippen LogP contribution in [-0.2, 0) is 0 Å². The Kier molecular flexibility index (Phi) is 4.64. The summed E-state index contributed by atoms with van der Waals surface area (Å²) in [6, 6.07) is 0. The van der Waals surface area contributed by atoms with Gasteiger partial charge in [-0.3, -0.25) is 0 Å². The van der Waals surface area contributed by atoms with Gasteiger partial charge in [-0.2, -0.15) is 0 Å². The third-order valence-corrected chi connectivity index (χ3v) is 3.54. The number of rotatable bonds is 5. The first kappa shape index (κ1) is 10.9. The zero-order chi connectivity index (χ0) is 9.68. The van der Waals surface area contributed by atoms with Crippen molar-refractivity contribution in [3.8, 4) is 0 Å². The molecule has 0 aromatic rings. The van der Waals surface area contributed by atoms with Gasteiger partial charge in [-0.25, -0.2) is 0 Å². The van der Waals surface area contributed by atoms with E-state index >= 15 is 0 Å². The Morgan fingerprint density at radius 1 is 1.23 bits per heavy atom. The molecule has 0 amide bonds. The average Bonchev–Trinajstić information content (AvgIpc) is 2.43. The van der Waals surface area contributed by atoms with Crippen molar-refractivity contribution in [2.24, 2.45) is 0 Å². The van der Waals surface area contributed by atoms with Crippen molar-refractivity contribution >= 4 is 15.9 Å². The summed E-state index contributed by atoms with van der Waals surface area (Å²) >= 11 is 3.63. The Hall–Kier alpha value is -0.180. The van der Waals surface area contributed by atoms with Gasteiger partial charge in [-0.1, -0.05) is 26.2 Å². The van der Waals surface area contributed by atoms with Gasteiger partial charge in [-0.15, -0.1) is 0 Å². The first-order valence-electron chi connectivity index (χ1n) is 5.05.